The Morgan fingerprint density at radius 2 is 1.59 bits per heavy atom. The van der Waals surface area contributed by atoms with E-state index in [0.29, 0.717) is 0 Å². The SMILES string of the molecule is COc1c(Br)cc(C(F)(F)F)cc1B1OC(C)(C)C(C)(C)O1. The fourth-order valence-corrected chi connectivity index (χ4v) is 2.78. The van der Waals surface area contributed by atoms with Gasteiger partial charge in [0.25, 0.3) is 0 Å². The van der Waals surface area contributed by atoms with E-state index < -0.39 is 30.1 Å². The van der Waals surface area contributed by atoms with Gasteiger partial charge in [0.2, 0.25) is 0 Å². The molecule has 1 heterocycles. The maximum atomic E-state index is 13.0. The molecular formula is C14H17BBrF3O3. The van der Waals surface area contributed by atoms with E-state index in [-0.39, 0.29) is 15.7 Å². The topological polar surface area (TPSA) is 27.7 Å². The Labute approximate surface area is 136 Å². The van der Waals surface area contributed by atoms with Crippen LogP contribution in [0.5, 0.6) is 5.75 Å². The largest absolute Gasteiger partial charge is 0.498 e. The maximum absolute atomic E-state index is 13.0. The summed E-state index contributed by atoms with van der Waals surface area (Å²) >= 11 is 3.12. The highest BCUT2D eigenvalue weighted by Gasteiger charge is 2.53. The third-order valence-corrected chi connectivity index (χ3v) is 4.70. The molecule has 3 nitrogen and oxygen atoms in total. The molecule has 0 aromatic heterocycles. The second-order valence-corrected chi connectivity index (χ2v) is 7.02. The van der Waals surface area contributed by atoms with Crippen molar-refractivity contribution in [2.75, 3.05) is 7.11 Å². The van der Waals surface area contributed by atoms with Crippen LogP contribution >= 0.6 is 15.9 Å². The molecule has 0 radical (unpaired) electrons. The fraction of sp³-hybridized carbons (Fsp3) is 0.571. The minimum Gasteiger partial charge on any atom is -0.496 e. The zero-order chi connectivity index (χ0) is 16.9. The van der Waals surface area contributed by atoms with Crippen LogP contribution < -0.4 is 10.2 Å². The van der Waals surface area contributed by atoms with Gasteiger partial charge >= 0.3 is 13.3 Å². The van der Waals surface area contributed by atoms with E-state index in [4.69, 9.17) is 14.0 Å². The Balaban J connectivity index is 2.53. The number of halogens is 4. The van der Waals surface area contributed by atoms with E-state index in [2.05, 4.69) is 15.9 Å². The molecule has 0 bridgehead atoms. The minimum absolute atomic E-state index is 0.203. The third-order valence-electron chi connectivity index (χ3n) is 4.11. The van der Waals surface area contributed by atoms with Gasteiger partial charge in [-0.05, 0) is 55.8 Å². The lowest BCUT2D eigenvalue weighted by Gasteiger charge is -2.32. The molecule has 8 heteroatoms. The Morgan fingerprint density at radius 1 is 1.09 bits per heavy atom. The van der Waals surface area contributed by atoms with Gasteiger partial charge in [0.1, 0.15) is 5.75 Å². The predicted octanol–water partition coefficient (Wildman–Crippen LogP) is 3.78. The standard InChI is InChI=1S/C14H17BBrF3O3/c1-12(2)13(3,4)22-15(21-12)9-6-8(14(17,18)19)7-10(16)11(9)20-5/h6-7H,1-5H3. The van der Waals surface area contributed by atoms with Gasteiger partial charge in [-0.25, -0.2) is 0 Å². The summed E-state index contributed by atoms with van der Waals surface area (Å²) in [7, 11) is 0.459. The molecule has 2 rings (SSSR count). The zero-order valence-corrected chi connectivity index (χ0v) is 14.6. The van der Waals surface area contributed by atoms with Crippen molar-refractivity contribution in [3.63, 3.8) is 0 Å². The number of hydrogen-bond donors (Lipinski definition) is 0. The van der Waals surface area contributed by atoms with Crippen LogP contribution in [0, 0.1) is 0 Å². The normalized spacial score (nSPS) is 20.3. The van der Waals surface area contributed by atoms with Crippen LogP contribution in [0.3, 0.4) is 0 Å². The molecule has 0 saturated carbocycles. The molecule has 0 atom stereocenters. The lowest BCUT2D eigenvalue weighted by molar-refractivity contribution is -0.137. The van der Waals surface area contributed by atoms with E-state index >= 15 is 0 Å². The average Bonchev–Trinajstić information content (AvgIpc) is 2.56. The molecule has 122 valence electrons. The molecule has 0 aliphatic carbocycles. The first-order valence-corrected chi connectivity index (χ1v) is 7.48. The summed E-state index contributed by atoms with van der Waals surface area (Å²) in [6.45, 7) is 7.34. The molecule has 1 saturated heterocycles. The van der Waals surface area contributed by atoms with Gasteiger partial charge in [0, 0.05) is 5.46 Å². The number of ether oxygens (including phenoxy) is 1. The zero-order valence-electron chi connectivity index (χ0n) is 13.0. The van der Waals surface area contributed by atoms with E-state index in [1.54, 1.807) is 0 Å². The van der Waals surface area contributed by atoms with Gasteiger partial charge in [-0.15, -0.1) is 0 Å². The second kappa shape index (κ2) is 5.42. The highest BCUT2D eigenvalue weighted by molar-refractivity contribution is 9.10. The summed E-state index contributed by atoms with van der Waals surface area (Å²) in [6, 6.07) is 1.99. The van der Waals surface area contributed by atoms with E-state index in [0.717, 1.165) is 12.1 Å². The summed E-state index contributed by atoms with van der Waals surface area (Å²) in [6.07, 6.45) is -4.47. The number of alkyl halides is 3. The highest BCUT2D eigenvalue weighted by atomic mass is 79.9. The van der Waals surface area contributed by atoms with Crippen molar-refractivity contribution < 1.29 is 27.2 Å². The van der Waals surface area contributed by atoms with E-state index in [1.807, 2.05) is 27.7 Å². The van der Waals surface area contributed by atoms with Crippen LogP contribution in [0.4, 0.5) is 13.2 Å². The second-order valence-electron chi connectivity index (χ2n) is 6.17. The molecule has 0 unspecified atom stereocenters. The number of methoxy groups -OCH3 is 1. The summed E-state index contributed by atoms with van der Waals surface area (Å²) < 4.78 is 56.2. The first-order chi connectivity index (χ1) is 9.89. The van der Waals surface area contributed by atoms with Gasteiger partial charge in [0.15, 0.2) is 0 Å². The molecule has 0 amide bonds. The molecule has 1 aromatic carbocycles. The van der Waals surface area contributed by atoms with Gasteiger partial charge in [-0.3, -0.25) is 0 Å². The number of rotatable bonds is 2. The Hall–Kier alpha value is -0.725. The predicted molar refractivity (Wildman–Crippen MR) is 81.4 cm³/mol. The Morgan fingerprint density at radius 3 is 2.00 bits per heavy atom. The smallest absolute Gasteiger partial charge is 0.496 e. The monoisotopic (exact) mass is 380 g/mol. The molecule has 1 fully saturated rings. The van der Waals surface area contributed by atoms with Gasteiger partial charge in [-0.2, -0.15) is 13.2 Å². The molecule has 1 aromatic rings. The van der Waals surface area contributed by atoms with Gasteiger partial charge in [0.05, 0.1) is 28.3 Å². The Bertz CT molecular complexity index is 571. The van der Waals surface area contributed by atoms with Crippen LogP contribution in [-0.2, 0) is 15.5 Å². The number of benzene rings is 1. The minimum atomic E-state index is -4.47. The first kappa shape index (κ1) is 17.6. The number of hydrogen-bond acceptors (Lipinski definition) is 3. The molecule has 0 spiro atoms. The fourth-order valence-electron chi connectivity index (χ4n) is 2.14. The summed E-state index contributed by atoms with van der Waals surface area (Å²) in [5.74, 6) is 0.270. The van der Waals surface area contributed by atoms with E-state index in [9.17, 15) is 13.2 Å². The van der Waals surface area contributed by atoms with Crippen LogP contribution in [0.2, 0.25) is 0 Å². The molecule has 0 N–H and O–H groups in total. The van der Waals surface area contributed by atoms with Gasteiger partial charge < -0.3 is 14.0 Å². The van der Waals surface area contributed by atoms with E-state index in [1.165, 1.54) is 7.11 Å². The lowest BCUT2D eigenvalue weighted by Crippen LogP contribution is -2.41. The van der Waals surface area contributed by atoms with Crippen LogP contribution in [0.15, 0.2) is 16.6 Å². The van der Waals surface area contributed by atoms with Crippen molar-refractivity contribution in [3.8, 4) is 5.75 Å². The maximum Gasteiger partial charge on any atom is 0.498 e. The van der Waals surface area contributed by atoms with Crippen LogP contribution in [0.1, 0.15) is 33.3 Å². The Kier molecular flexibility index (Phi) is 4.34. The molecular weight excluding hydrogens is 364 g/mol. The van der Waals surface area contributed by atoms with Crippen molar-refractivity contribution in [3.05, 3.63) is 22.2 Å². The van der Waals surface area contributed by atoms with Gasteiger partial charge in [-0.1, -0.05) is 0 Å². The first-order valence-electron chi connectivity index (χ1n) is 6.69. The summed E-state index contributed by atoms with van der Waals surface area (Å²) in [4.78, 5) is 0. The van der Waals surface area contributed by atoms with Crippen LogP contribution in [0.25, 0.3) is 0 Å². The third kappa shape index (κ3) is 3.01. The van der Waals surface area contributed by atoms with Crippen molar-refractivity contribution in [2.24, 2.45) is 0 Å². The summed E-state index contributed by atoms with van der Waals surface area (Å²) in [5, 5.41) is 0. The van der Waals surface area contributed by atoms with Crippen LogP contribution in [-0.4, -0.2) is 25.4 Å². The van der Waals surface area contributed by atoms with Crippen molar-refractivity contribution in [1.82, 2.24) is 0 Å². The summed E-state index contributed by atoms with van der Waals surface area (Å²) in [5.41, 5.74) is -1.87. The lowest BCUT2D eigenvalue weighted by atomic mass is 9.77. The van der Waals surface area contributed by atoms with Crippen molar-refractivity contribution >= 4 is 28.5 Å². The average molecular weight is 381 g/mol. The molecule has 1 aliphatic rings. The molecule has 22 heavy (non-hydrogen) atoms. The van der Waals surface area contributed by atoms with Crippen molar-refractivity contribution in [2.45, 2.75) is 45.1 Å². The molecule has 1 aliphatic heterocycles. The quantitative estimate of drug-likeness (QED) is 0.731. The van der Waals surface area contributed by atoms with Crippen molar-refractivity contribution in [1.29, 1.82) is 0 Å². The highest BCUT2D eigenvalue weighted by Crippen LogP contribution is 2.39.